The third-order valence-corrected chi connectivity index (χ3v) is 2.76. The average molecular weight is 243 g/mol. The second-order valence-electron chi connectivity index (χ2n) is 7.69. The molecule has 2 nitrogen and oxygen atoms in total. The van der Waals surface area contributed by atoms with Gasteiger partial charge < -0.3 is 10.4 Å². The highest BCUT2D eigenvalue weighted by molar-refractivity contribution is 4.73. The molecule has 17 heavy (non-hydrogen) atoms. The number of hydrogen-bond acceptors (Lipinski definition) is 2. The summed E-state index contributed by atoms with van der Waals surface area (Å²) in [4.78, 5) is 0. The van der Waals surface area contributed by atoms with Crippen LogP contribution in [0.25, 0.3) is 0 Å². The standard InChI is InChI=1S/C15H33NO/c1-14(2,3)10-13(8-7-9-17)11-16-12-15(4,5)6/h13,16-17H,7-12H2,1-6H3/t13-/m0/s1. The van der Waals surface area contributed by atoms with E-state index in [2.05, 4.69) is 46.9 Å². The van der Waals surface area contributed by atoms with Gasteiger partial charge in [-0.15, -0.1) is 0 Å². The Bertz CT molecular complexity index is 188. The summed E-state index contributed by atoms with van der Waals surface area (Å²) < 4.78 is 0. The zero-order valence-electron chi connectivity index (χ0n) is 12.8. The normalized spacial score (nSPS) is 15.0. The summed E-state index contributed by atoms with van der Waals surface area (Å²) in [7, 11) is 0. The fourth-order valence-corrected chi connectivity index (χ4v) is 2.17. The van der Waals surface area contributed by atoms with Crippen LogP contribution in [0.1, 0.15) is 60.8 Å². The minimum absolute atomic E-state index is 0.319. The van der Waals surface area contributed by atoms with Crippen LogP contribution in [0.2, 0.25) is 0 Å². The minimum atomic E-state index is 0.319. The number of aliphatic hydroxyl groups excluding tert-OH is 1. The van der Waals surface area contributed by atoms with E-state index in [1.165, 1.54) is 6.42 Å². The van der Waals surface area contributed by atoms with Crippen molar-refractivity contribution in [2.45, 2.75) is 60.8 Å². The van der Waals surface area contributed by atoms with Crippen molar-refractivity contribution < 1.29 is 5.11 Å². The van der Waals surface area contributed by atoms with Gasteiger partial charge in [-0.1, -0.05) is 41.5 Å². The monoisotopic (exact) mass is 243 g/mol. The molecule has 2 N–H and O–H groups in total. The maximum absolute atomic E-state index is 8.95. The fraction of sp³-hybridized carbons (Fsp3) is 1.00. The summed E-state index contributed by atoms with van der Waals surface area (Å²) in [6, 6.07) is 0. The van der Waals surface area contributed by atoms with Crippen LogP contribution in [0.5, 0.6) is 0 Å². The molecule has 0 rings (SSSR count). The highest BCUT2D eigenvalue weighted by Gasteiger charge is 2.19. The SMILES string of the molecule is CC(C)(C)CNC[C@@H](CCCO)CC(C)(C)C. The molecule has 0 radical (unpaired) electrons. The fourth-order valence-electron chi connectivity index (χ4n) is 2.17. The Labute approximate surface area is 108 Å². The van der Waals surface area contributed by atoms with E-state index in [4.69, 9.17) is 5.11 Å². The molecule has 0 aromatic carbocycles. The van der Waals surface area contributed by atoms with Crippen LogP contribution >= 0.6 is 0 Å². The van der Waals surface area contributed by atoms with Crippen LogP contribution < -0.4 is 5.32 Å². The van der Waals surface area contributed by atoms with Crippen molar-refractivity contribution in [2.75, 3.05) is 19.7 Å². The molecule has 0 bridgehead atoms. The first kappa shape index (κ1) is 16.9. The van der Waals surface area contributed by atoms with Crippen LogP contribution in [-0.4, -0.2) is 24.8 Å². The van der Waals surface area contributed by atoms with Gasteiger partial charge in [-0.3, -0.25) is 0 Å². The number of aliphatic hydroxyl groups is 1. The lowest BCUT2D eigenvalue weighted by molar-refractivity contribution is 0.231. The first-order chi connectivity index (χ1) is 7.64. The second-order valence-corrected chi connectivity index (χ2v) is 7.69. The van der Waals surface area contributed by atoms with Crippen LogP contribution in [0.15, 0.2) is 0 Å². The smallest absolute Gasteiger partial charge is 0.0431 e. The molecule has 0 aromatic rings. The van der Waals surface area contributed by atoms with Gasteiger partial charge in [-0.05, 0) is 49.1 Å². The van der Waals surface area contributed by atoms with Crippen molar-refractivity contribution in [2.24, 2.45) is 16.7 Å². The third-order valence-electron chi connectivity index (χ3n) is 2.76. The van der Waals surface area contributed by atoms with Gasteiger partial charge in [0.05, 0.1) is 0 Å². The highest BCUT2D eigenvalue weighted by atomic mass is 16.2. The molecule has 0 spiro atoms. The van der Waals surface area contributed by atoms with E-state index in [1.807, 2.05) is 0 Å². The zero-order chi connectivity index (χ0) is 13.5. The van der Waals surface area contributed by atoms with E-state index in [9.17, 15) is 0 Å². The molecule has 0 saturated heterocycles. The molecule has 0 unspecified atom stereocenters. The van der Waals surface area contributed by atoms with Gasteiger partial charge in [0.15, 0.2) is 0 Å². The van der Waals surface area contributed by atoms with E-state index in [1.54, 1.807) is 0 Å². The summed E-state index contributed by atoms with van der Waals surface area (Å²) in [6.45, 7) is 16.1. The lowest BCUT2D eigenvalue weighted by Crippen LogP contribution is -2.32. The maximum Gasteiger partial charge on any atom is 0.0431 e. The second kappa shape index (κ2) is 7.38. The molecular formula is C15H33NO. The van der Waals surface area contributed by atoms with Gasteiger partial charge in [-0.2, -0.15) is 0 Å². The van der Waals surface area contributed by atoms with Gasteiger partial charge in [0.1, 0.15) is 0 Å². The predicted molar refractivity (Wildman–Crippen MR) is 76.2 cm³/mol. The Hall–Kier alpha value is -0.0800. The van der Waals surface area contributed by atoms with Gasteiger partial charge in [0.2, 0.25) is 0 Å². The van der Waals surface area contributed by atoms with E-state index in [0.717, 1.165) is 25.9 Å². The average Bonchev–Trinajstić information content (AvgIpc) is 2.09. The molecule has 0 aliphatic rings. The summed E-state index contributed by atoms with van der Waals surface area (Å²) in [5.74, 6) is 0.685. The molecular weight excluding hydrogens is 210 g/mol. The lowest BCUT2D eigenvalue weighted by Gasteiger charge is -2.28. The first-order valence-corrected chi connectivity index (χ1v) is 6.96. The van der Waals surface area contributed by atoms with Crippen molar-refractivity contribution in [3.63, 3.8) is 0 Å². The Balaban J connectivity index is 4.02. The summed E-state index contributed by atoms with van der Waals surface area (Å²) in [5, 5.41) is 12.5. The lowest BCUT2D eigenvalue weighted by atomic mass is 9.82. The van der Waals surface area contributed by atoms with E-state index in [0.29, 0.717) is 23.4 Å². The summed E-state index contributed by atoms with van der Waals surface area (Å²) >= 11 is 0. The molecule has 0 heterocycles. The minimum Gasteiger partial charge on any atom is -0.396 e. The van der Waals surface area contributed by atoms with E-state index >= 15 is 0 Å². The molecule has 104 valence electrons. The Morgan fingerprint density at radius 2 is 1.59 bits per heavy atom. The molecule has 1 atom stereocenters. The largest absolute Gasteiger partial charge is 0.396 e. The van der Waals surface area contributed by atoms with Crippen molar-refractivity contribution in [3.8, 4) is 0 Å². The van der Waals surface area contributed by atoms with Crippen LogP contribution in [0.4, 0.5) is 0 Å². The third kappa shape index (κ3) is 12.2. The molecule has 0 aromatic heterocycles. The van der Waals surface area contributed by atoms with Crippen LogP contribution in [-0.2, 0) is 0 Å². The molecule has 0 saturated carbocycles. The van der Waals surface area contributed by atoms with Crippen molar-refractivity contribution in [1.29, 1.82) is 0 Å². The summed E-state index contributed by atoms with van der Waals surface area (Å²) in [5.41, 5.74) is 0.729. The predicted octanol–water partition coefficient (Wildman–Crippen LogP) is 3.45. The first-order valence-electron chi connectivity index (χ1n) is 6.96. The van der Waals surface area contributed by atoms with Crippen molar-refractivity contribution >= 4 is 0 Å². The molecule has 0 aliphatic carbocycles. The number of hydrogen-bond donors (Lipinski definition) is 2. The van der Waals surface area contributed by atoms with Crippen molar-refractivity contribution in [1.82, 2.24) is 5.32 Å². The Kier molecular flexibility index (Phi) is 7.34. The van der Waals surface area contributed by atoms with Crippen LogP contribution in [0.3, 0.4) is 0 Å². The highest BCUT2D eigenvalue weighted by Crippen LogP contribution is 2.26. The van der Waals surface area contributed by atoms with Gasteiger partial charge in [0, 0.05) is 6.61 Å². The molecule has 0 aliphatic heterocycles. The molecule has 2 heteroatoms. The van der Waals surface area contributed by atoms with Gasteiger partial charge >= 0.3 is 0 Å². The zero-order valence-corrected chi connectivity index (χ0v) is 12.8. The van der Waals surface area contributed by atoms with E-state index in [-0.39, 0.29) is 0 Å². The quantitative estimate of drug-likeness (QED) is 0.718. The topological polar surface area (TPSA) is 32.3 Å². The number of rotatable bonds is 7. The van der Waals surface area contributed by atoms with Gasteiger partial charge in [0.25, 0.3) is 0 Å². The molecule has 0 fully saturated rings. The van der Waals surface area contributed by atoms with E-state index < -0.39 is 0 Å². The van der Waals surface area contributed by atoms with Crippen molar-refractivity contribution in [3.05, 3.63) is 0 Å². The van der Waals surface area contributed by atoms with Gasteiger partial charge in [-0.25, -0.2) is 0 Å². The van der Waals surface area contributed by atoms with Crippen LogP contribution in [0, 0.1) is 16.7 Å². The maximum atomic E-state index is 8.95. The summed E-state index contributed by atoms with van der Waals surface area (Å²) in [6.07, 6.45) is 3.28. The Morgan fingerprint density at radius 3 is 2.00 bits per heavy atom. The molecule has 0 amide bonds. The number of nitrogens with one attached hydrogen (secondary N) is 1. The Morgan fingerprint density at radius 1 is 1.00 bits per heavy atom.